The van der Waals surface area contributed by atoms with Gasteiger partial charge in [-0.3, -0.25) is 0 Å². The maximum absolute atomic E-state index is 12.5. The molecule has 0 aliphatic heterocycles. The Labute approximate surface area is 109 Å². The Kier molecular flexibility index (Phi) is 4.78. The van der Waals surface area contributed by atoms with Gasteiger partial charge in [0, 0.05) is 11.0 Å². The van der Waals surface area contributed by atoms with Crippen molar-refractivity contribution >= 4 is 11.8 Å². The number of halogens is 6. The number of hydrogen-bond acceptors (Lipinski definition) is 2. The topological polar surface area (TPSA) is 9.23 Å². The van der Waals surface area contributed by atoms with Gasteiger partial charge in [-0.1, -0.05) is 11.8 Å². The fraction of sp³-hybridized carbons (Fsp3) is 0.273. The zero-order valence-corrected chi connectivity index (χ0v) is 10.3. The predicted molar refractivity (Wildman–Crippen MR) is 59.0 cm³/mol. The van der Waals surface area contributed by atoms with Crippen molar-refractivity contribution in [1.29, 1.82) is 0 Å². The summed E-state index contributed by atoms with van der Waals surface area (Å²) in [4.78, 5) is -1.68. The molecular weight excluding hydrogens is 294 g/mol. The summed E-state index contributed by atoms with van der Waals surface area (Å²) in [6.45, 7) is 0. The molecule has 1 aromatic rings. The zero-order valence-electron chi connectivity index (χ0n) is 9.47. The third kappa shape index (κ3) is 5.46. The van der Waals surface area contributed by atoms with Crippen LogP contribution in [0.25, 0.3) is 0 Å². The van der Waals surface area contributed by atoms with Gasteiger partial charge in [-0.15, -0.1) is 0 Å². The van der Waals surface area contributed by atoms with Gasteiger partial charge in [-0.25, -0.2) is 0 Å². The van der Waals surface area contributed by atoms with E-state index in [1.165, 1.54) is 31.4 Å². The van der Waals surface area contributed by atoms with Crippen LogP contribution in [-0.4, -0.2) is 19.5 Å². The summed E-state index contributed by atoms with van der Waals surface area (Å²) in [5, 5.41) is 0. The lowest BCUT2D eigenvalue weighted by Crippen LogP contribution is -2.14. The molecule has 0 heterocycles. The Hall–Kier alpha value is -1.31. The minimum atomic E-state index is -5.06. The molecule has 1 nitrogen and oxygen atoms in total. The summed E-state index contributed by atoms with van der Waals surface area (Å²) < 4.78 is 78.3. The second-order valence-electron chi connectivity index (χ2n) is 3.33. The van der Waals surface area contributed by atoms with E-state index in [4.69, 9.17) is 4.74 Å². The first kappa shape index (κ1) is 15.7. The van der Waals surface area contributed by atoms with E-state index in [0.717, 1.165) is 0 Å². The summed E-state index contributed by atoms with van der Waals surface area (Å²) in [5.74, 6) is 0.401. The van der Waals surface area contributed by atoms with Gasteiger partial charge >= 0.3 is 12.4 Å². The molecule has 0 N–H and O–H groups in total. The Morgan fingerprint density at radius 2 is 1.58 bits per heavy atom. The largest absolute Gasteiger partial charge is 0.497 e. The van der Waals surface area contributed by atoms with E-state index in [2.05, 4.69) is 0 Å². The van der Waals surface area contributed by atoms with Gasteiger partial charge in [-0.2, -0.15) is 26.3 Å². The van der Waals surface area contributed by atoms with Crippen LogP contribution in [0.4, 0.5) is 26.3 Å². The highest BCUT2D eigenvalue weighted by Gasteiger charge is 2.39. The average Bonchev–Trinajstić information content (AvgIpc) is 2.26. The summed E-state index contributed by atoms with van der Waals surface area (Å²) in [6, 6.07) is 5.23. The Morgan fingerprint density at radius 3 is 1.95 bits per heavy atom. The van der Waals surface area contributed by atoms with Crippen LogP contribution >= 0.6 is 11.8 Å². The van der Waals surface area contributed by atoms with Crippen LogP contribution in [-0.2, 0) is 0 Å². The van der Waals surface area contributed by atoms with Gasteiger partial charge in [0.25, 0.3) is 0 Å². The Morgan fingerprint density at radius 1 is 1.05 bits per heavy atom. The van der Waals surface area contributed by atoms with Crippen LogP contribution in [0.1, 0.15) is 0 Å². The Bertz CT molecular complexity index is 446. The number of allylic oxidation sites excluding steroid dienone is 2. The van der Waals surface area contributed by atoms with Crippen molar-refractivity contribution in [2.45, 2.75) is 17.2 Å². The lowest BCUT2D eigenvalue weighted by atomic mass is 10.3. The first-order chi connectivity index (χ1) is 8.62. The zero-order chi connectivity index (χ0) is 14.7. The monoisotopic (exact) mass is 302 g/mol. The van der Waals surface area contributed by atoms with Crippen LogP contribution in [0.2, 0.25) is 0 Å². The molecular formula is C11H8F6OS. The molecule has 0 aliphatic rings. The van der Waals surface area contributed by atoms with E-state index < -0.39 is 23.3 Å². The minimum Gasteiger partial charge on any atom is -0.497 e. The molecule has 0 atom stereocenters. The van der Waals surface area contributed by atoms with Gasteiger partial charge in [0.2, 0.25) is 0 Å². The third-order valence-corrected chi connectivity index (χ3v) is 2.94. The average molecular weight is 302 g/mol. The summed E-state index contributed by atoms with van der Waals surface area (Å²) in [5.41, 5.74) is 0. The maximum Gasteiger partial charge on any atom is 0.422 e. The van der Waals surface area contributed by atoms with Crippen LogP contribution in [0, 0.1) is 0 Å². The number of benzene rings is 1. The number of thioether (sulfide) groups is 1. The molecule has 106 valence electrons. The fourth-order valence-electron chi connectivity index (χ4n) is 1.09. The smallest absolute Gasteiger partial charge is 0.422 e. The first-order valence-electron chi connectivity index (χ1n) is 4.80. The van der Waals surface area contributed by atoms with E-state index in [1.54, 1.807) is 0 Å². The number of alkyl halides is 6. The van der Waals surface area contributed by atoms with Crippen molar-refractivity contribution in [2.75, 3.05) is 7.11 Å². The molecule has 0 saturated carbocycles. The fourth-order valence-corrected chi connectivity index (χ4v) is 1.92. The number of ether oxygens (including phenoxy) is 1. The molecule has 0 radical (unpaired) electrons. The van der Waals surface area contributed by atoms with E-state index in [1.807, 2.05) is 0 Å². The van der Waals surface area contributed by atoms with Gasteiger partial charge < -0.3 is 4.74 Å². The molecule has 0 unspecified atom stereocenters. The summed E-state index contributed by atoms with van der Waals surface area (Å²) >= 11 is 0.00227. The highest BCUT2D eigenvalue weighted by molar-refractivity contribution is 8.03. The van der Waals surface area contributed by atoms with E-state index in [-0.39, 0.29) is 16.7 Å². The predicted octanol–water partition coefficient (Wildman–Crippen LogP) is 4.80. The van der Waals surface area contributed by atoms with Gasteiger partial charge in [-0.05, 0) is 24.3 Å². The highest BCUT2D eigenvalue weighted by atomic mass is 32.2. The van der Waals surface area contributed by atoms with Crippen LogP contribution in [0.5, 0.6) is 5.75 Å². The summed E-state index contributed by atoms with van der Waals surface area (Å²) in [6.07, 6.45) is -10.8. The molecule has 0 saturated heterocycles. The molecule has 1 aromatic carbocycles. The molecule has 0 amide bonds. The minimum absolute atomic E-state index is 0.00227. The molecule has 0 spiro atoms. The second kappa shape index (κ2) is 5.77. The second-order valence-corrected chi connectivity index (χ2v) is 4.44. The van der Waals surface area contributed by atoms with Crippen LogP contribution in [0.15, 0.2) is 40.1 Å². The molecule has 0 aromatic heterocycles. The lowest BCUT2D eigenvalue weighted by molar-refractivity contribution is -0.101. The Balaban J connectivity index is 2.98. The summed E-state index contributed by atoms with van der Waals surface area (Å²) in [7, 11) is 1.37. The number of methoxy groups -OCH3 is 1. The van der Waals surface area contributed by atoms with Crippen molar-refractivity contribution in [3.8, 4) is 5.75 Å². The van der Waals surface area contributed by atoms with Crippen molar-refractivity contribution in [2.24, 2.45) is 0 Å². The SMILES string of the molecule is COc1ccc(S/C(=C\C(F)(F)F)C(F)(F)F)cc1. The van der Waals surface area contributed by atoms with E-state index in [0.29, 0.717) is 5.75 Å². The number of rotatable bonds is 3. The van der Waals surface area contributed by atoms with Crippen LogP contribution < -0.4 is 4.74 Å². The normalized spacial score (nSPS) is 13.5. The van der Waals surface area contributed by atoms with Crippen molar-refractivity contribution < 1.29 is 31.1 Å². The van der Waals surface area contributed by atoms with Gasteiger partial charge in [0.05, 0.1) is 12.0 Å². The highest BCUT2D eigenvalue weighted by Crippen LogP contribution is 2.41. The maximum atomic E-state index is 12.5. The van der Waals surface area contributed by atoms with Crippen molar-refractivity contribution in [1.82, 2.24) is 0 Å². The van der Waals surface area contributed by atoms with Crippen LogP contribution in [0.3, 0.4) is 0 Å². The standard InChI is InChI=1S/C11H8F6OS/c1-18-7-2-4-8(5-3-7)19-9(11(15,16)17)6-10(12,13)14/h2-6H,1H3/b9-6-. The quantitative estimate of drug-likeness (QED) is 0.586. The third-order valence-electron chi connectivity index (χ3n) is 1.86. The molecule has 0 fully saturated rings. The van der Waals surface area contributed by atoms with Gasteiger partial charge in [0.15, 0.2) is 0 Å². The lowest BCUT2D eigenvalue weighted by Gasteiger charge is -2.12. The molecule has 8 heteroatoms. The van der Waals surface area contributed by atoms with Crippen molar-refractivity contribution in [3.63, 3.8) is 0 Å². The molecule has 1 rings (SSSR count). The molecule has 0 aliphatic carbocycles. The van der Waals surface area contributed by atoms with Crippen molar-refractivity contribution in [3.05, 3.63) is 35.2 Å². The molecule has 19 heavy (non-hydrogen) atoms. The van der Waals surface area contributed by atoms with Gasteiger partial charge in [0.1, 0.15) is 5.75 Å². The number of hydrogen-bond donors (Lipinski definition) is 0. The van der Waals surface area contributed by atoms with E-state index >= 15 is 0 Å². The first-order valence-corrected chi connectivity index (χ1v) is 5.62. The molecule has 0 bridgehead atoms. The van der Waals surface area contributed by atoms with E-state index in [9.17, 15) is 26.3 Å².